The predicted octanol–water partition coefficient (Wildman–Crippen LogP) is 6.16. The molecule has 32 heavy (non-hydrogen) atoms. The summed E-state index contributed by atoms with van der Waals surface area (Å²) in [5, 5.41) is 3.08. The van der Waals surface area contributed by atoms with E-state index in [2.05, 4.69) is 51.8 Å². The van der Waals surface area contributed by atoms with Crippen molar-refractivity contribution in [1.29, 1.82) is 0 Å². The van der Waals surface area contributed by atoms with Crippen molar-refractivity contribution in [3.8, 4) is 0 Å². The van der Waals surface area contributed by atoms with Gasteiger partial charge in [-0.2, -0.15) is 0 Å². The molecule has 3 aromatic rings. The van der Waals surface area contributed by atoms with Gasteiger partial charge in [0.2, 0.25) is 0 Å². The Morgan fingerprint density at radius 3 is 2.12 bits per heavy atom. The molecule has 0 aliphatic rings. The van der Waals surface area contributed by atoms with Crippen molar-refractivity contribution in [2.45, 2.75) is 60.4 Å². The Balaban J connectivity index is 2.02. The highest BCUT2D eigenvalue weighted by molar-refractivity contribution is 9.10. The number of nitrogens with one attached hydrogen (secondary N) is 1. The molecule has 1 aromatic heterocycles. The van der Waals surface area contributed by atoms with E-state index in [1.807, 2.05) is 51.1 Å². The van der Waals surface area contributed by atoms with Gasteiger partial charge in [0.25, 0.3) is 5.91 Å². The van der Waals surface area contributed by atoms with Gasteiger partial charge in [-0.3, -0.25) is 9.59 Å². The molecule has 4 nitrogen and oxygen atoms in total. The maximum atomic E-state index is 13.4. The summed E-state index contributed by atoms with van der Waals surface area (Å²) in [5.41, 5.74) is 6.42. The highest BCUT2D eigenvalue weighted by Gasteiger charge is 2.22. The molecular formula is C27H31BrN2O2. The molecule has 0 saturated carbocycles. The normalized spacial score (nSPS) is 10.9. The fraction of sp³-hybridized carbons (Fsp3) is 0.333. The van der Waals surface area contributed by atoms with E-state index < -0.39 is 0 Å². The molecule has 0 saturated heterocycles. The monoisotopic (exact) mass is 494 g/mol. The Morgan fingerprint density at radius 2 is 1.56 bits per heavy atom. The number of rotatable bonds is 7. The van der Waals surface area contributed by atoms with Crippen LogP contribution < -0.4 is 10.7 Å². The third-order valence-electron chi connectivity index (χ3n) is 6.24. The van der Waals surface area contributed by atoms with Crippen molar-refractivity contribution in [2.24, 2.45) is 0 Å². The summed E-state index contributed by atoms with van der Waals surface area (Å²) >= 11 is 3.56. The number of benzene rings is 2. The smallest absolute Gasteiger partial charge is 0.261 e. The second-order valence-corrected chi connectivity index (χ2v) is 9.06. The molecule has 1 amide bonds. The highest BCUT2D eigenvalue weighted by atomic mass is 79.9. The van der Waals surface area contributed by atoms with Crippen LogP contribution in [0.1, 0.15) is 57.8 Å². The first-order valence-corrected chi connectivity index (χ1v) is 11.9. The molecule has 3 rings (SSSR count). The molecule has 0 radical (unpaired) electrons. The number of carbonyl (C=O) groups excluding carboxylic acids is 1. The van der Waals surface area contributed by atoms with Crippen LogP contribution in [0.2, 0.25) is 0 Å². The van der Waals surface area contributed by atoms with E-state index in [1.54, 1.807) is 0 Å². The van der Waals surface area contributed by atoms with Crippen LogP contribution >= 0.6 is 15.9 Å². The van der Waals surface area contributed by atoms with Crippen LogP contribution in [0.15, 0.2) is 51.7 Å². The molecule has 168 valence electrons. The van der Waals surface area contributed by atoms with E-state index in [4.69, 9.17) is 0 Å². The molecule has 0 fully saturated rings. The van der Waals surface area contributed by atoms with Crippen LogP contribution in [0.25, 0.3) is 0 Å². The van der Waals surface area contributed by atoms with E-state index >= 15 is 0 Å². The van der Waals surface area contributed by atoms with E-state index in [-0.39, 0.29) is 16.9 Å². The van der Waals surface area contributed by atoms with Gasteiger partial charge < -0.3 is 9.88 Å². The third kappa shape index (κ3) is 4.88. The highest BCUT2D eigenvalue weighted by Crippen LogP contribution is 2.28. The summed E-state index contributed by atoms with van der Waals surface area (Å²) in [6.07, 6.45) is 2.41. The SMILES string of the molecule is CCc1cc(Br)cc(CC)c1NC(=O)c1c(C)n(CCc2ccccc2)c(C)c(C)c1=O. The summed E-state index contributed by atoms with van der Waals surface area (Å²) < 4.78 is 3.09. The summed E-state index contributed by atoms with van der Waals surface area (Å²) in [6, 6.07) is 14.3. The number of halogens is 1. The van der Waals surface area contributed by atoms with Gasteiger partial charge >= 0.3 is 0 Å². The fourth-order valence-corrected chi connectivity index (χ4v) is 4.77. The van der Waals surface area contributed by atoms with Crippen molar-refractivity contribution in [1.82, 2.24) is 4.57 Å². The number of pyridine rings is 1. The molecule has 0 atom stereocenters. The van der Waals surface area contributed by atoms with Gasteiger partial charge in [0.15, 0.2) is 5.43 Å². The third-order valence-corrected chi connectivity index (χ3v) is 6.70. The fourth-order valence-electron chi connectivity index (χ4n) is 4.21. The topological polar surface area (TPSA) is 51.1 Å². The average Bonchev–Trinajstić information content (AvgIpc) is 2.79. The maximum Gasteiger partial charge on any atom is 0.261 e. The van der Waals surface area contributed by atoms with Crippen LogP contribution in [0.5, 0.6) is 0 Å². The lowest BCUT2D eigenvalue weighted by Crippen LogP contribution is -2.30. The number of nitrogens with zero attached hydrogens (tertiary/aromatic N) is 1. The quantitative estimate of drug-likeness (QED) is 0.427. The first-order chi connectivity index (χ1) is 15.3. The van der Waals surface area contributed by atoms with Crippen LogP contribution in [0.4, 0.5) is 5.69 Å². The lowest BCUT2D eigenvalue weighted by Gasteiger charge is -2.21. The molecule has 1 heterocycles. The van der Waals surface area contributed by atoms with E-state index in [1.165, 1.54) is 5.56 Å². The molecule has 1 N–H and O–H groups in total. The number of amides is 1. The minimum absolute atomic E-state index is 0.193. The number of aromatic nitrogens is 1. The van der Waals surface area contributed by atoms with Crippen molar-refractivity contribution in [2.75, 3.05) is 5.32 Å². The number of aryl methyl sites for hydroxylation is 3. The minimum atomic E-state index is -0.337. The van der Waals surface area contributed by atoms with Crippen molar-refractivity contribution >= 4 is 27.5 Å². The summed E-state index contributed by atoms with van der Waals surface area (Å²) in [4.78, 5) is 26.6. The molecule has 0 aliphatic carbocycles. The molecule has 0 bridgehead atoms. The number of hydrogen-bond donors (Lipinski definition) is 1. The van der Waals surface area contributed by atoms with Crippen LogP contribution in [-0.4, -0.2) is 10.5 Å². The Bertz CT molecular complexity index is 1170. The number of hydrogen-bond acceptors (Lipinski definition) is 2. The van der Waals surface area contributed by atoms with Gasteiger partial charge in [0.1, 0.15) is 5.56 Å². The second kappa shape index (κ2) is 10.3. The zero-order valence-corrected chi connectivity index (χ0v) is 21.1. The Morgan fingerprint density at radius 1 is 0.969 bits per heavy atom. The summed E-state index contributed by atoms with van der Waals surface area (Å²) in [5.74, 6) is -0.337. The van der Waals surface area contributed by atoms with E-state index in [0.717, 1.165) is 46.2 Å². The zero-order chi connectivity index (χ0) is 23.4. The van der Waals surface area contributed by atoms with Gasteiger partial charge in [-0.15, -0.1) is 0 Å². The molecule has 0 unspecified atom stereocenters. The Kier molecular flexibility index (Phi) is 7.73. The van der Waals surface area contributed by atoms with Crippen molar-refractivity contribution in [3.05, 3.63) is 96.4 Å². The van der Waals surface area contributed by atoms with Gasteiger partial charge in [-0.05, 0) is 68.9 Å². The zero-order valence-electron chi connectivity index (χ0n) is 19.5. The summed E-state index contributed by atoms with van der Waals surface area (Å²) in [6.45, 7) is 10.5. The van der Waals surface area contributed by atoms with Gasteiger partial charge in [-0.25, -0.2) is 0 Å². The Hall–Kier alpha value is -2.66. The first-order valence-electron chi connectivity index (χ1n) is 11.2. The second-order valence-electron chi connectivity index (χ2n) is 8.15. The lowest BCUT2D eigenvalue weighted by molar-refractivity contribution is 0.102. The van der Waals surface area contributed by atoms with Crippen LogP contribution in [0, 0.1) is 20.8 Å². The lowest BCUT2D eigenvalue weighted by atomic mass is 10.0. The molecular weight excluding hydrogens is 464 g/mol. The average molecular weight is 495 g/mol. The number of carbonyl (C=O) groups is 1. The number of anilines is 1. The standard InChI is InChI=1S/C27H31BrN2O2/c1-6-21-15-23(28)16-22(7-2)25(21)29-27(32)24-19(5)30(18(4)17(3)26(24)31)14-13-20-11-9-8-10-12-20/h8-12,15-16H,6-7,13-14H2,1-5H3,(H,29,32). The minimum Gasteiger partial charge on any atom is -0.347 e. The van der Waals surface area contributed by atoms with Gasteiger partial charge in [0.05, 0.1) is 0 Å². The Labute approximate surface area is 198 Å². The van der Waals surface area contributed by atoms with Crippen LogP contribution in [-0.2, 0) is 25.8 Å². The first kappa shape index (κ1) is 24.0. The summed E-state index contributed by atoms with van der Waals surface area (Å²) in [7, 11) is 0. The van der Waals surface area contributed by atoms with E-state index in [0.29, 0.717) is 17.8 Å². The van der Waals surface area contributed by atoms with Gasteiger partial charge in [0, 0.05) is 33.7 Å². The van der Waals surface area contributed by atoms with Crippen molar-refractivity contribution < 1.29 is 4.79 Å². The molecule has 2 aromatic carbocycles. The van der Waals surface area contributed by atoms with Gasteiger partial charge in [-0.1, -0.05) is 60.1 Å². The largest absolute Gasteiger partial charge is 0.347 e. The molecule has 0 aliphatic heterocycles. The molecule has 5 heteroatoms. The van der Waals surface area contributed by atoms with Crippen molar-refractivity contribution in [3.63, 3.8) is 0 Å². The molecule has 0 spiro atoms. The van der Waals surface area contributed by atoms with E-state index in [9.17, 15) is 9.59 Å². The van der Waals surface area contributed by atoms with Crippen LogP contribution in [0.3, 0.4) is 0 Å². The maximum absolute atomic E-state index is 13.4. The predicted molar refractivity (Wildman–Crippen MR) is 136 cm³/mol.